The van der Waals surface area contributed by atoms with Crippen molar-refractivity contribution < 1.29 is 9.53 Å². The summed E-state index contributed by atoms with van der Waals surface area (Å²) in [6, 6.07) is 0. The van der Waals surface area contributed by atoms with Crippen molar-refractivity contribution in [2.45, 2.75) is 44.9 Å². The highest BCUT2D eigenvalue weighted by molar-refractivity contribution is 5.68. The summed E-state index contributed by atoms with van der Waals surface area (Å²) in [5.41, 5.74) is 0. The molecule has 0 spiro atoms. The van der Waals surface area contributed by atoms with Crippen LogP contribution < -0.4 is 0 Å². The summed E-state index contributed by atoms with van der Waals surface area (Å²) in [4.78, 5) is 10.7. The van der Waals surface area contributed by atoms with Gasteiger partial charge in [0.25, 0.3) is 0 Å². The zero-order valence-corrected chi connectivity index (χ0v) is 7.84. The number of esters is 1. The zero-order valence-electron chi connectivity index (χ0n) is 7.84. The van der Waals surface area contributed by atoms with Gasteiger partial charge in [-0.15, -0.1) is 0 Å². The fourth-order valence-corrected chi connectivity index (χ4v) is 1.39. The highest BCUT2D eigenvalue weighted by atomic mass is 16.5. The molecule has 0 saturated heterocycles. The molecular formula is C10H18O2. The monoisotopic (exact) mass is 170 g/mol. The Morgan fingerprint density at radius 1 is 1.33 bits per heavy atom. The van der Waals surface area contributed by atoms with E-state index in [1.807, 2.05) is 0 Å². The molecule has 0 aliphatic heterocycles. The fourth-order valence-electron chi connectivity index (χ4n) is 1.39. The van der Waals surface area contributed by atoms with Gasteiger partial charge in [-0.05, 0) is 12.3 Å². The first-order valence-electron chi connectivity index (χ1n) is 4.89. The van der Waals surface area contributed by atoms with Crippen LogP contribution in [0.15, 0.2) is 0 Å². The Balaban J connectivity index is 1.78. The predicted octanol–water partition coefficient (Wildman–Crippen LogP) is 2.52. The highest BCUT2D eigenvalue weighted by Crippen LogP contribution is 2.34. The minimum Gasteiger partial charge on any atom is -0.469 e. The Hall–Kier alpha value is -0.530. The second-order valence-electron chi connectivity index (χ2n) is 3.62. The van der Waals surface area contributed by atoms with Gasteiger partial charge in [0, 0.05) is 6.42 Å². The van der Waals surface area contributed by atoms with Crippen LogP contribution in [0.2, 0.25) is 0 Å². The van der Waals surface area contributed by atoms with Crippen molar-refractivity contribution in [1.82, 2.24) is 0 Å². The van der Waals surface area contributed by atoms with E-state index >= 15 is 0 Å². The Labute approximate surface area is 74.3 Å². The lowest BCUT2D eigenvalue weighted by atomic mass is 10.1. The molecule has 1 saturated carbocycles. The van der Waals surface area contributed by atoms with E-state index in [0.717, 1.165) is 12.3 Å². The molecule has 2 heteroatoms. The van der Waals surface area contributed by atoms with Crippen molar-refractivity contribution in [2.24, 2.45) is 5.92 Å². The van der Waals surface area contributed by atoms with Gasteiger partial charge < -0.3 is 4.74 Å². The van der Waals surface area contributed by atoms with Gasteiger partial charge in [0.1, 0.15) is 0 Å². The molecule has 0 unspecified atom stereocenters. The van der Waals surface area contributed by atoms with Crippen LogP contribution in [0.25, 0.3) is 0 Å². The standard InChI is InChI=1S/C10H18O2/c1-12-10(11)6-4-2-3-5-9-7-8-9/h9H,2-8H2,1H3. The molecule has 0 aromatic carbocycles. The molecule has 0 aromatic rings. The average molecular weight is 170 g/mol. The first kappa shape index (κ1) is 9.56. The lowest BCUT2D eigenvalue weighted by molar-refractivity contribution is -0.140. The molecule has 0 N–H and O–H groups in total. The van der Waals surface area contributed by atoms with Crippen LogP contribution in [-0.2, 0) is 9.53 Å². The number of carbonyl (C=O) groups is 1. The molecule has 2 nitrogen and oxygen atoms in total. The normalized spacial score (nSPS) is 16.1. The largest absolute Gasteiger partial charge is 0.469 e. The molecule has 1 aliphatic rings. The molecule has 0 aromatic heterocycles. The molecule has 0 heterocycles. The fraction of sp³-hybridized carbons (Fsp3) is 0.900. The Kier molecular flexibility index (Phi) is 4.12. The van der Waals surface area contributed by atoms with Gasteiger partial charge >= 0.3 is 5.97 Å². The van der Waals surface area contributed by atoms with Gasteiger partial charge in [0.15, 0.2) is 0 Å². The van der Waals surface area contributed by atoms with Crippen LogP contribution in [-0.4, -0.2) is 13.1 Å². The van der Waals surface area contributed by atoms with E-state index in [-0.39, 0.29) is 5.97 Å². The average Bonchev–Trinajstić information content (AvgIpc) is 2.87. The number of unbranched alkanes of at least 4 members (excludes halogenated alkanes) is 2. The van der Waals surface area contributed by atoms with Crippen LogP contribution in [0.3, 0.4) is 0 Å². The number of ether oxygens (including phenoxy) is 1. The van der Waals surface area contributed by atoms with E-state index < -0.39 is 0 Å². The zero-order chi connectivity index (χ0) is 8.81. The minimum absolute atomic E-state index is 0.0681. The summed E-state index contributed by atoms with van der Waals surface area (Å²) in [6.45, 7) is 0. The smallest absolute Gasteiger partial charge is 0.305 e. The first-order valence-corrected chi connectivity index (χ1v) is 4.89. The Bertz CT molecular complexity index is 139. The maximum atomic E-state index is 10.7. The van der Waals surface area contributed by atoms with E-state index in [0.29, 0.717) is 6.42 Å². The van der Waals surface area contributed by atoms with Gasteiger partial charge in [0.05, 0.1) is 7.11 Å². The molecule has 0 radical (unpaired) electrons. The summed E-state index contributed by atoms with van der Waals surface area (Å²) < 4.78 is 4.55. The highest BCUT2D eigenvalue weighted by Gasteiger charge is 2.19. The number of carbonyl (C=O) groups excluding carboxylic acids is 1. The van der Waals surface area contributed by atoms with Crippen LogP contribution in [0.1, 0.15) is 44.9 Å². The van der Waals surface area contributed by atoms with Crippen molar-refractivity contribution in [2.75, 3.05) is 7.11 Å². The van der Waals surface area contributed by atoms with E-state index in [1.165, 1.54) is 39.2 Å². The van der Waals surface area contributed by atoms with Gasteiger partial charge in [-0.25, -0.2) is 0 Å². The Morgan fingerprint density at radius 2 is 2.08 bits per heavy atom. The molecule has 1 fully saturated rings. The summed E-state index contributed by atoms with van der Waals surface area (Å²) in [6.07, 6.45) is 8.34. The molecule has 0 amide bonds. The molecular weight excluding hydrogens is 152 g/mol. The van der Waals surface area contributed by atoms with E-state index in [2.05, 4.69) is 4.74 Å². The molecule has 70 valence electrons. The number of rotatable bonds is 6. The van der Waals surface area contributed by atoms with Crippen molar-refractivity contribution in [1.29, 1.82) is 0 Å². The Morgan fingerprint density at radius 3 is 2.67 bits per heavy atom. The van der Waals surface area contributed by atoms with Crippen molar-refractivity contribution >= 4 is 5.97 Å². The van der Waals surface area contributed by atoms with Crippen molar-refractivity contribution in [3.63, 3.8) is 0 Å². The van der Waals surface area contributed by atoms with E-state index in [1.54, 1.807) is 0 Å². The topological polar surface area (TPSA) is 26.3 Å². The maximum Gasteiger partial charge on any atom is 0.305 e. The maximum absolute atomic E-state index is 10.7. The van der Waals surface area contributed by atoms with Crippen molar-refractivity contribution in [3.8, 4) is 0 Å². The summed E-state index contributed by atoms with van der Waals surface area (Å²) >= 11 is 0. The number of hydrogen-bond acceptors (Lipinski definition) is 2. The lowest BCUT2D eigenvalue weighted by Gasteiger charge is -1.99. The summed E-state index contributed by atoms with van der Waals surface area (Å²) in [7, 11) is 1.45. The second-order valence-corrected chi connectivity index (χ2v) is 3.62. The quantitative estimate of drug-likeness (QED) is 0.452. The second kappa shape index (κ2) is 5.18. The van der Waals surface area contributed by atoms with Crippen molar-refractivity contribution in [3.05, 3.63) is 0 Å². The van der Waals surface area contributed by atoms with Gasteiger partial charge in [-0.1, -0.05) is 32.1 Å². The van der Waals surface area contributed by atoms with Gasteiger partial charge in [-0.3, -0.25) is 4.79 Å². The molecule has 12 heavy (non-hydrogen) atoms. The number of methoxy groups -OCH3 is 1. The van der Waals surface area contributed by atoms with Crippen LogP contribution >= 0.6 is 0 Å². The predicted molar refractivity (Wildman–Crippen MR) is 47.8 cm³/mol. The third-order valence-corrected chi connectivity index (χ3v) is 2.42. The van der Waals surface area contributed by atoms with Gasteiger partial charge in [-0.2, -0.15) is 0 Å². The first-order chi connectivity index (χ1) is 5.83. The molecule has 0 atom stereocenters. The number of hydrogen-bond donors (Lipinski definition) is 0. The van der Waals surface area contributed by atoms with E-state index in [4.69, 9.17) is 0 Å². The van der Waals surface area contributed by atoms with Crippen LogP contribution in [0.5, 0.6) is 0 Å². The third-order valence-electron chi connectivity index (χ3n) is 2.42. The SMILES string of the molecule is COC(=O)CCCCCC1CC1. The van der Waals surface area contributed by atoms with Crippen LogP contribution in [0.4, 0.5) is 0 Å². The molecule has 1 aliphatic carbocycles. The van der Waals surface area contributed by atoms with Crippen LogP contribution in [0, 0.1) is 5.92 Å². The van der Waals surface area contributed by atoms with Gasteiger partial charge in [0.2, 0.25) is 0 Å². The molecule has 1 rings (SSSR count). The molecule has 0 bridgehead atoms. The minimum atomic E-state index is -0.0681. The third kappa shape index (κ3) is 4.37. The summed E-state index contributed by atoms with van der Waals surface area (Å²) in [5, 5.41) is 0. The lowest BCUT2D eigenvalue weighted by Crippen LogP contribution is -1.99. The summed E-state index contributed by atoms with van der Waals surface area (Å²) in [5.74, 6) is 0.963. The van der Waals surface area contributed by atoms with E-state index in [9.17, 15) is 4.79 Å².